The Bertz CT molecular complexity index is 570. The fraction of sp³-hybridized carbons (Fsp3) is 1.00. The van der Waals surface area contributed by atoms with Gasteiger partial charge in [0.15, 0.2) is 0 Å². The second kappa shape index (κ2) is 6.93. The Kier molecular flexibility index (Phi) is 5.22. The van der Waals surface area contributed by atoms with E-state index in [1.54, 1.807) is 0 Å². The van der Waals surface area contributed by atoms with Gasteiger partial charge in [-0.15, -0.1) is 0 Å². The normalized spacial score (nSPS) is 40.9. The molecule has 0 saturated heterocycles. The van der Waals surface area contributed by atoms with Gasteiger partial charge in [-0.1, -0.05) is 0 Å². The Morgan fingerprint density at radius 1 is 0.750 bits per heavy atom. The van der Waals surface area contributed by atoms with Gasteiger partial charge in [-0.3, -0.25) is 0 Å². The van der Waals surface area contributed by atoms with Gasteiger partial charge in [0.25, 0.3) is 0 Å². The molecule has 0 aliphatic heterocycles. The molecule has 162 valence electrons. The molecule has 4 fully saturated rings. The molecule has 4 heteroatoms. The standard InChI is InChI=1S/C24H42O4/c1-20(2,3)27-10-8-7-9-25-16-22-13-23(15-24(22,23)14-22)17-26-18-11-19(12-18)28-21(4,5)6/h18-19H,7-17H2,1-6H3. The minimum atomic E-state index is -0.0317. The Balaban J connectivity index is 1.05. The van der Waals surface area contributed by atoms with Crippen LogP contribution in [0, 0.1) is 16.2 Å². The van der Waals surface area contributed by atoms with E-state index in [1.165, 1.54) is 19.3 Å². The summed E-state index contributed by atoms with van der Waals surface area (Å²) in [5, 5.41) is 0. The molecule has 0 aromatic carbocycles. The molecule has 4 rings (SSSR count). The molecule has 0 bridgehead atoms. The molecule has 0 amide bonds. The molecule has 28 heavy (non-hydrogen) atoms. The Morgan fingerprint density at radius 3 is 2.00 bits per heavy atom. The van der Waals surface area contributed by atoms with Gasteiger partial charge in [0.2, 0.25) is 0 Å². The lowest BCUT2D eigenvalue weighted by atomic mass is 9.75. The maximum Gasteiger partial charge on any atom is 0.0631 e. The van der Waals surface area contributed by atoms with Crippen LogP contribution in [0.5, 0.6) is 0 Å². The van der Waals surface area contributed by atoms with Crippen LogP contribution in [0.4, 0.5) is 0 Å². The van der Waals surface area contributed by atoms with Crippen LogP contribution in [-0.2, 0) is 18.9 Å². The van der Waals surface area contributed by atoms with Gasteiger partial charge in [0, 0.05) is 24.0 Å². The first kappa shape index (κ1) is 21.1. The second-order valence-electron chi connectivity index (χ2n) is 12.2. The van der Waals surface area contributed by atoms with Crippen molar-refractivity contribution in [2.45, 2.75) is 110 Å². The number of unbranched alkanes of at least 4 members (excludes halogenated alkanes) is 1. The highest BCUT2D eigenvalue weighted by Gasteiger charge is 2.96. The van der Waals surface area contributed by atoms with Crippen LogP contribution < -0.4 is 0 Å². The lowest BCUT2D eigenvalue weighted by Gasteiger charge is -2.41. The molecule has 1 spiro atoms. The lowest BCUT2D eigenvalue weighted by molar-refractivity contribution is -0.158. The molecule has 3 atom stereocenters. The average molecular weight is 395 g/mol. The van der Waals surface area contributed by atoms with Gasteiger partial charge >= 0.3 is 0 Å². The first-order valence-corrected chi connectivity index (χ1v) is 11.5. The van der Waals surface area contributed by atoms with Crippen molar-refractivity contribution in [1.82, 2.24) is 0 Å². The van der Waals surface area contributed by atoms with E-state index in [0.717, 1.165) is 52.1 Å². The van der Waals surface area contributed by atoms with E-state index in [2.05, 4.69) is 41.5 Å². The maximum atomic E-state index is 6.27. The monoisotopic (exact) mass is 394 g/mol. The van der Waals surface area contributed by atoms with Crippen LogP contribution in [0.2, 0.25) is 0 Å². The first-order chi connectivity index (χ1) is 13.0. The lowest BCUT2D eigenvalue weighted by Crippen LogP contribution is -2.43. The van der Waals surface area contributed by atoms with Crippen LogP contribution in [0.15, 0.2) is 0 Å². The third kappa shape index (κ3) is 4.04. The zero-order valence-corrected chi connectivity index (χ0v) is 19.1. The molecule has 4 nitrogen and oxygen atoms in total. The third-order valence-corrected chi connectivity index (χ3v) is 7.50. The van der Waals surface area contributed by atoms with E-state index >= 15 is 0 Å². The van der Waals surface area contributed by atoms with Crippen molar-refractivity contribution in [3.63, 3.8) is 0 Å². The summed E-state index contributed by atoms with van der Waals surface area (Å²) in [5.41, 5.74) is 1.60. The molecule has 4 aliphatic rings. The molecule has 4 saturated carbocycles. The van der Waals surface area contributed by atoms with Crippen molar-refractivity contribution in [3.8, 4) is 0 Å². The van der Waals surface area contributed by atoms with E-state index in [0.29, 0.717) is 28.5 Å². The zero-order chi connectivity index (χ0) is 20.3. The van der Waals surface area contributed by atoms with Crippen molar-refractivity contribution < 1.29 is 18.9 Å². The van der Waals surface area contributed by atoms with E-state index in [-0.39, 0.29) is 11.2 Å². The highest BCUT2D eigenvalue weighted by molar-refractivity contribution is 5.43. The molecule has 0 N–H and O–H groups in total. The second-order valence-corrected chi connectivity index (χ2v) is 12.2. The van der Waals surface area contributed by atoms with Gasteiger partial charge in [0.1, 0.15) is 0 Å². The Morgan fingerprint density at radius 2 is 1.39 bits per heavy atom. The Hall–Kier alpha value is -0.160. The van der Waals surface area contributed by atoms with Crippen LogP contribution >= 0.6 is 0 Å². The molecule has 0 aromatic rings. The SMILES string of the molecule is CC(C)(C)OCCCCOCC12CC3(COC4CC(OC(C)(C)C)C4)CC13C2. The van der Waals surface area contributed by atoms with Crippen molar-refractivity contribution in [1.29, 1.82) is 0 Å². The van der Waals surface area contributed by atoms with Crippen LogP contribution in [0.1, 0.15) is 86.5 Å². The summed E-state index contributed by atoms with van der Waals surface area (Å²) in [5.74, 6) is 0. The molecule has 3 unspecified atom stereocenters. The maximum absolute atomic E-state index is 6.27. The number of ether oxygens (including phenoxy) is 4. The van der Waals surface area contributed by atoms with Gasteiger partial charge in [-0.2, -0.15) is 0 Å². The Labute approximate surface area is 172 Å². The van der Waals surface area contributed by atoms with E-state index in [9.17, 15) is 0 Å². The van der Waals surface area contributed by atoms with E-state index < -0.39 is 0 Å². The van der Waals surface area contributed by atoms with Gasteiger partial charge in [-0.25, -0.2) is 0 Å². The molecular weight excluding hydrogens is 352 g/mol. The summed E-state index contributed by atoms with van der Waals surface area (Å²) in [6.45, 7) is 16.4. The summed E-state index contributed by atoms with van der Waals surface area (Å²) in [6.07, 6.45) is 9.29. The summed E-state index contributed by atoms with van der Waals surface area (Å²) in [6, 6.07) is 0. The summed E-state index contributed by atoms with van der Waals surface area (Å²) >= 11 is 0. The number of hydrogen-bond acceptors (Lipinski definition) is 4. The molecule has 0 heterocycles. The first-order valence-electron chi connectivity index (χ1n) is 11.5. The third-order valence-electron chi connectivity index (χ3n) is 7.50. The molecule has 0 radical (unpaired) electrons. The largest absolute Gasteiger partial charge is 0.381 e. The topological polar surface area (TPSA) is 36.9 Å². The fourth-order valence-corrected chi connectivity index (χ4v) is 6.03. The summed E-state index contributed by atoms with van der Waals surface area (Å²) in [7, 11) is 0. The summed E-state index contributed by atoms with van der Waals surface area (Å²) in [4.78, 5) is 0. The van der Waals surface area contributed by atoms with Crippen LogP contribution in [0.25, 0.3) is 0 Å². The smallest absolute Gasteiger partial charge is 0.0631 e. The number of rotatable bonds is 11. The number of hydrogen-bond donors (Lipinski definition) is 0. The molecule has 4 aliphatic carbocycles. The van der Waals surface area contributed by atoms with Crippen molar-refractivity contribution in [2.24, 2.45) is 16.2 Å². The van der Waals surface area contributed by atoms with E-state index in [4.69, 9.17) is 18.9 Å². The van der Waals surface area contributed by atoms with Crippen molar-refractivity contribution >= 4 is 0 Å². The van der Waals surface area contributed by atoms with Gasteiger partial charge in [-0.05, 0) is 91.9 Å². The van der Waals surface area contributed by atoms with Crippen LogP contribution in [0.3, 0.4) is 0 Å². The minimum absolute atomic E-state index is 0.0243. The zero-order valence-electron chi connectivity index (χ0n) is 19.1. The minimum Gasteiger partial charge on any atom is -0.381 e. The van der Waals surface area contributed by atoms with Crippen molar-refractivity contribution in [3.05, 3.63) is 0 Å². The summed E-state index contributed by atoms with van der Waals surface area (Å²) < 4.78 is 24.1. The van der Waals surface area contributed by atoms with Gasteiger partial charge < -0.3 is 18.9 Å². The average Bonchev–Trinajstić information content (AvgIpc) is 3.26. The fourth-order valence-electron chi connectivity index (χ4n) is 6.03. The van der Waals surface area contributed by atoms with Crippen LogP contribution in [-0.4, -0.2) is 49.8 Å². The molecular formula is C24H42O4. The van der Waals surface area contributed by atoms with E-state index in [1.807, 2.05) is 0 Å². The highest BCUT2D eigenvalue weighted by Crippen LogP contribution is 3.00. The predicted molar refractivity (Wildman–Crippen MR) is 111 cm³/mol. The van der Waals surface area contributed by atoms with Gasteiger partial charge in [0.05, 0.1) is 36.6 Å². The molecule has 0 aromatic heterocycles. The quantitative estimate of drug-likeness (QED) is 0.455. The van der Waals surface area contributed by atoms with Crippen molar-refractivity contribution in [2.75, 3.05) is 26.4 Å². The highest BCUT2D eigenvalue weighted by atomic mass is 16.5. The predicted octanol–water partition coefficient (Wildman–Crippen LogP) is 5.13.